The molecular formula is C65H78Cl4F6N8O21P2S2. The van der Waals surface area contributed by atoms with Gasteiger partial charge in [0.05, 0.1) is 65.2 Å². The Balaban J connectivity index is 0.000000450. The minimum atomic E-state index is -4.55. The number of nitrogens with one attached hydrogen (secondary N) is 3. The molecule has 0 aliphatic carbocycles. The van der Waals surface area contributed by atoms with Crippen LogP contribution in [0, 0.1) is 17.0 Å². The summed E-state index contributed by atoms with van der Waals surface area (Å²) in [6.45, 7) is 11.1. The molecule has 4 atom stereocenters. The number of urea groups is 1. The number of pyridine rings is 1. The number of carbonyl (C=O) groups excluding carboxylic acids is 1. The average Bonchev–Trinajstić information content (AvgIpc) is 0.913. The SMILES string of the molecule is CC(Cl)(Cl)C(=O)O.CC(Oc1ccc(Oc2ncc(C(F)(F)F)cc2Cl)cc1)C(=O)O.CN1CSC(=S)N(C)C1.CP(=O)(O)CCC(N)C(=O)O.Cc1ccc(NC(=O)NC(C)(C)c2ccccc2)cc1.O=C(O)CNCP(=O)(O)O.O=[N+]([O-])c1ccc(Oc2ccc(C(F)(F)F)cc2Cl)cc1OC1CCOC1. The number of rotatable bonds is 22. The van der Waals surface area contributed by atoms with Crippen molar-refractivity contribution in [2.75, 3.05) is 70.8 Å². The molecular weight excluding hydrogens is 1610 g/mol. The molecule has 2 saturated heterocycles. The minimum absolute atomic E-state index is 0.0176. The number of thioether (sulfide) groups is 1. The lowest BCUT2D eigenvalue weighted by atomic mass is 9.95. The van der Waals surface area contributed by atoms with E-state index in [-0.39, 0.29) is 69.3 Å². The molecule has 5 aromatic carbocycles. The molecule has 43 heteroatoms. The molecule has 3 heterocycles. The molecule has 29 nitrogen and oxygen atoms in total. The smallest absolute Gasteiger partial charge is 0.417 e. The molecule has 2 aliphatic heterocycles. The van der Waals surface area contributed by atoms with Crippen molar-refractivity contribution in [2.45, 2.75) is 87.9 Å². The molecule has 1 aromatic heterocycles. The number of alkyl halides is 8. The van der Waals surface area contributed by atoms with Gasteiger partial charge in [0, 0.05) is 50.3 Å². The zero-order chi connectivity index (χ0) is 82.3. The standard InChI is InChI=1S/C17H13ClF3NO5.C17H20N2O.C15H11ClF3NO4.C5H10N2S2.C5H12NO4P.C3H4Cl2O2.C3H8NO5P/c18-13-7-10(17(19,20)21)1-4-15(13)26-11-2-3-14(22(23)24)16(8-11)27-12-5-6-25-9-12;1-13-9-11-15(12-10-13)18-16(20)19-17(2,3)14-7-5-4-6-8-14;1-8(14(21)22)23-10-2-4-11(5-3-10)24-13-12(16)6-9(7-20-13)15(17,18)19;1-6-3-7(2)5(8)9-4-6;1-11(9,10)3-2-4(6)5(7)8;1-3(4,5)2(6)7;5-3(6)1-4-2-10(7,8)9/h1-4,7-8,12H,5-6,9H2;4-12H,1-3H3,(H2,18,19,20);2-8H,1H3,(H,21,22);3-4H2,1-2H3;4H,2-3,6H2,1H3,(H,7,8)(H,9,10);1H3,(H,6,7);4H,1-2H2,(H,5,6)(H2,7,8,9). The zero-order valence-corrected chi connectivity index (χ0v) is 64.9. The normalized spacial score (nSPS) is 14.7. The summed E-state index contributed by atoms with van der Waals surface area (Å²) in [5.74, 6) is -3.14. The van der Waals surface area contributed by atoms with E-state index in [1.807, 2.05) is 82.4 Å². The van der Waals surface area contributed by atoms with Crippen LogP contribution in [0.2, 0.25) is 10.0 Å². The van der Waals surface area contributed by atoms with Gasteiger partial charge in [0.2, 0.25) is 16.0 Å². The number of anilines is 1. The van der Waals surface area contributed by atoms with E-state index < -0.39 is 102 Å². The highest BCUT2D eigenvalue weighted by Crippen LogP contribution is 2.41. The Kier molecular flexibility index (Phi) is 39.9. The molecule has 4 unspecified atom stereocenters. The summed E-state index contributed by atoms with van der Waals surface area (Å²) >= 11 is 28.4. The number of amides is 2. The number of nitrogens with zero attached hydrogens (tertiary/aromatic N) is 4. The van der Waals surface area contributed by atoms with E-state index in [4.69, 9.17) is 123 Å². The van der Waals surface area contributed by atoms with Crippen LogP contribution in [0.15, 0.2) is 128 Å². The Bertz CT molecular complexity index is 4040. The molecule has 2 fully saturated rings. The van der Waals surface area contributed by atoms with E-state index in [1.165, 1.54) is 68.5 Å². The number of carboxylic acid groups (broad SMARTS) is 4. The lowest BCUT2D eigenvalue weighted by Crippen LogP contribution is -2.43. The van der Waals surface area contributed by atoms with Crippen LogP contribution in [0.5, 0.6) is 34.6 Å². The molecule has 8 rings (SSSR count). The maximum atomic E-state index is 12.7. The lowest BCUT2D eigenvalue weighted by molar-refractivity contribution is -0.386. The van der Waals surface area contributed by atoms with Crippen LogP contribution in [0.3, 0.4) is 0 Å². The first-order valence-corrected chi connectivity index (χ1v) is 37.9. The summed E-state index contributed by atoms with van der Waals surface area (Å²) in [6, 6.07) is 29.4. The second kappa shape index (κ2) is 44.7. The molecule has 108 heavy (non-hydrogen) atoms. The van der Waals surface area contributed by atoms with Crippen molar-refractivity contribution in [1.29, 1.82) is 0 Å². The van der Waals surface area contributed by atoms with Gasteiger partial charge in [-0.25, -0.2) is 19.4 Å². The van der Waals surface area contributed by atoms with Gasteiger partial charge < -0.3 is 80.1 Å². The summed E-state index contributed by atoms with van der Waals surface area (Å²) in [4.78, 5) is 96.0. The summed E-state index contributed by atoms with van der Waals surface area (Å²) < 4.78 is 122. The number of carboxylic acids is 4. The average molecular weight is 1690 g/mol. The first-order valence-electron chi connectivity index (χ1n) is 30.9. The predicted octanol–water partition coefficient (Wildman–Crippen LogP) is 14.2. The second-order valence-corrected chi connectivity index (χ2v) is 31.7. The highest BCUT2D eigenvalue weighted by molar-refractivity contribution is 8.22. The first kappa shape index (κ1) is 96.2. The molecule has 6 aromatic rings. The maximum Gasteiger partial charge on any atom is 0.417 e. The topological polar surface area (TPSA) is 432 Å². The van der Waals surface area contributed by atoms with E-state index in [2.05, 4.69) is 37.8 Å². The number of aliphatic carboxylic acids is 4. The van der Waals surface area contributed by atoms with E-state index in [0.29, 0.717) is 31.6 Å². The molecule has 2 amide bonds. The molecule has 0 saturated carbocycles. The third-order valence-electron chi connectivity index (χ3n) is 13.2. The predicted molar refractivity (Wildman–Crippen MR) is 397 cm³/mol. The number of nitrogens with two attached hydrogens (primary N) is 1. The zero-order valence-electron chi connectivity index (χ0n) is 58.4. The van der Waals surface area contributed by atoms with Gasteiger partial charge in [-0.1, -0.05) is 118 Å². The molecule has 596 valence electrons. The molecule has 0 bridgehead atoms. The number of aryl methyl sites for hydroxylation is 1. The van der Waals surface area contributed by atoms with Crippen LogP contribution in [-0.2, 0) is 50.9 Å². The summed E-state index contributed by atoms with van der Waals surface area (Å²) in [7, 11) is -3.09. The maximum absolute atomic E-state index is 12.7. The molecule has 2 aliphatic rings. The molecule has 0 spiro atoms. The Morgan fingerprint density at radius 3 is 1.82 bits per heavy atom. The Labute approximate surface area is 645 Å². The number of nitro benzene ring substituents is 1. The van der Waals surface area contributed by atoms with Crippen molar-refractivity contribution < 1.29 is 123 Å². The van der Waals surface area contributed by atoms with E-state index >= 15 is 0 Å². The third kappa shape index (κ3) is 39.5. The van der Waals surface area contributed by atoms with Crippen molar-refractivity contribution in [3.63, 3.8) is 0 Å². The first-order chi connectivity index (χ1) is 49.8. The van der Waals surface area contributed by atoms with Gasteiger partial charge in [-0.3, -0.25) is 39.1 Å². The van der Waals surface area contributed by atoms with Gasteiger partial charge in [-0.05, 0) is 120 Å². The van der Waals surface area contributed by atoms with Crippen molar-refractivity contribution in [3.8, 4) is 34.6 Å². The fourth-order valence-corrected chi connectivity index (χ4v) is 10.1. The monoisotopic (exact) mass is 1690 g/mol. The van der Waals surface area contributed by atoms with Crippen LogP contribution < -0.4 is 40.6 Å². The van der Waals surface area contributed by atoms with Crippen LogP contribution in [0.1, 0.15) is 62.8 Å². The number of halogens is 10. The molecule has 12 N–H and O–H groups in total. The van der Waals surface area contributed by atoms with Crippen molar-refractivity contribution >= 4 is 131 Å². The van der Waals surface area contributed by atoms with E-state index in [1.54, 1.807) is 11.8 Å². The van der Waals surface area contributed by atoms with Crippen LogP contribution in [0.4, 0.5) is 42.5 Å². The number of thiocarbonyl (C=S) groups is 1. The minimum Gasteiger partial charge on any atom is -0.481 e. The van der Waals surface area contributed by atoms with Gasteiger partial charge in [0.15, 0.2) is 13.5 Å². The fraction of sp³-hybridized carbons (Fsp3) is 0.369. The summed E-state index contributed by atoms with van der Waals surface area (Å²) in [6.07, 6.45) is -9.81. The highest BCUT2D eigenvalue weighted by Gasteiger charge is 2.34. The Morgan fingerprint density at radius 2 is 1.36 bits per heavy atom. The highest BCUT2D eigenvalue weighted by atomic mass is 35.5. The number of hydrogen-bond acceptors (Lipinski definition) is 20. The van der Waals surface area contributed by atoms with E-state index in [0.717, 1.165) is 52.4 Å². The number of benzene rings is 5. The van der Waals surface area contributed by atoms with Gasteiger partial charge >= 0.3 is 55.5 Å². The number of aromatic nitrogens is 1. The largest absolute Gasteiger partial charge is 0.481 e. The number of nitro groups is 1. The lowest BCUT2D eigenvalue weighted by Gasteiger charge is -2.31. The second-order valence-electron chi connectivity index (χ2n) is 23.4. The Hall–Kier alpha value is -7.84. The van der Waals surface area contributed by atoms with Gasteiger partial charge in [0.1, 0.15) is 44.5 Å². The third-order valence-corrected chi connectivity index (χ3v) is 17.6. The van der Waals surface area contributed by atoms with Gasteiger partial charge in [0.25, 0.3) is 0 Å². The summed E-state index contributed by atoms with van der Waals surface area (Å²) in [5, 5.41) is 51.6. The number of ether oxygens (including phenoxy) is 5. The Morgan fingerprint density at radius 1 is 0.796 bits per heavy atom. The summed E-state index contributed by atoms with van der Waals surface area (Å²) in [5.41, 5.74) is 5.55. The van der Waals surface area contributed by atoms with Gasteiger partial charge in [-0.15, -0.1) is 0 Å². The van der Waals surface area contributed by atoms with E-state index in [9.17, 15) is 69.6 Å². The van der Waals surface area contributed by atoms with Crippen molar-refractivity contribution in [1.82, 2.24) is 25.4 Å². The van der Waals surface area contributed by atoms with Gasteiger partial charge in [-0.2, -0.15) is 26.3 Å². The van der Waals surface area contributed by atoms with Crippen molar-refractivity contribution in [2.24, 2.45) is 5.73 Å². The quantitative estimate of drug-likeness (QED) is 0.00751. The van der Waals surface area contributed by atoms with Crippen LogP contribution in [0.25, 0.3) is 0 Å². The van der Waals surface area contributed by atoms with Crippen molar-refractivity contribution in [3.05, 3.63) is 170 Å². The number of hydrogen-bond donors (Lipinski definition) is 11. The number of carbonyl (C=O) groups is 5. The van der Waals surface area contributed by atoms with Crippen LogP contribution >= 0.6 is 85.3 Å². The molecule has 0 radical (unpaired) electrons. The fourth-order valence-electron chi connectivity index (χ4n) is 7.64. The van der Waals surface area contributed by atoms with Crippen LogP contribution in [-0.4, -0.2) is 177 Å².